The molecule has 4 rings (SSSR count). The molecule has 0 fully saturated rings. The van der Waals surface area contributed by atoms with Gasteiger partial charge in [-0.15, -0.1) is 0 Å². The Bertz CT molecular complexity index is 777. The van der Waals surface area contributed by atoms with Crippen molar-refractivity contribution in [1.82, 2.24) is 19.7 Å². The summed E-state index contributed by atoms with van der Waals surface area (Å²) in [7, 11) is 0. The lowest BCUT2D eigenvalue weighted by molar-refractivity contribution is 0.612. The molecule has 102 valence electrons. The van der Waals surface area contributed by atoms with Crippen LogP contribution in [-0.2, 0) is 0 Å². The smallest absolute Gasteiger partial charge is 0.226 e. The Morgan fingerprint density at radius 3 is 2.62 bits per heavy atom. The normalized spacial score (nSPS) is 16.8. The van der Waals surface area contributed by atoms with Crippen molar-refractivity contribution in [3.63, 3.8) is 0 Å². The number of allylic oxidation sites excluding steroid dienone is 1. The molecule has 1 aliphatic heterocycles. The van der Waals surface area contributed by atoms with Crippen LogP contribution in [0.5, 0.6) is 0 Å². The fraction of sp³-hybridized carbons (Fsp3) is 0.0625. The molecule has 3 heterocycles. The molecule has 0 unspecified atom stereocenters. The quantitative estimate of drug-likeness (QED) is 0.781. The maximum absolute atomic E-state index is 4.33. The highest BCUT2D eigenvalue weighted by atomic mass is 15.4. The Labute approximate surface area is 122 Å². The molecule has 5 nitrogen and oxygen atoms in total. The summed E-state index contributed by atoms with van der Waals surface area (Å²) in [5.41, 5.74) is 3.28. The van der Waals surface area contributed by atoms with Crippen LogP contribution < -0.4 is 5.32 Å². The van der Waals surface area contributed by atoms with Gasteiger partial charge in [0.15, 0.2) is 0 Å². The number of fused-ring (bicyclic) bond motifs is 1. The van der Waals surface area contributed by atoms with E-state index in [1.165, 1.54) is 5.56 Å². The highest BCUT2D eigenvalue weighted by Crippen LogP contribution is 2.31. The van der Waals surface area contributed by atoms with Crippen molar-refractivity contribution in [1.29, 1.82) is 0 Å². The minimum atomic E-state index is 0.0353. The lowest BCUT2D eigenvalue weighted by atomic mass is 10.0. The average molecular weight is 275 g/mol. The van der Waals surface area contributed by atoms with E-state index in [4.69, 9.17) is 0 Å². The average Bonchev–Trinajstić information content (AvgIpc) is 3.04. The van der Waals surface area contributed by atoms with Gasteiger partial charge in [-0.1, -0.05) is 30.3 Å². The van der Waals surface area contributed by atoms with Gasteiger partial charge in [-0.25, -0.2) is 4.68 Å². The molecule has 0 spiro atoms. The van der Waals surface area contributed by atoms with E-state index < -0.39 is 0 Å². The standard InChI is InChI=1S/C16H13N5/c1-2-4-13(5-3-1)15-10-14(12-6-8-17-9-7-12)20-16-18-11-19-21(15)16/h1-11,15H,(H,18,19,20)/t15-/m0/s1. The van der Waals surface area contributed by atoms with Crippen LogP contribution in [0.2, 0.25) is 0 Å². The minimum Gasteiger partial charge on any atom is -0.324 e. The second-order valence-electron chi connectivity index (χ2n) is 4.82. The summed E-state index contributed by atoms with van der Waals surface area (Å²) in [6, 6.07) is 14.3. The van der Waals surface area contributed by atoms with E-state index in [1.807, 2.05) is 35.0 Å². The van der Waals surface area contributed by atoms with Crippen molar-refractivity contribution in [2.24, 2.45) is 0 Å². The van der Waals surface area contributed by atoms with Gasteiger partial charge in [0.25, 0.3) is 0 Å². The topological polar surface area (TPSA) is 55.6 Å². The third-order valence-electron chi connectivity index (χ3n) is 3.54. The first-order valence-electron chi connectivity index (χ1n) is 6.75. The van der Waals surface area contributed by atoms with Crippen molar-refractivity contribution < 1.29 is 0 Å². The van der Waals surface area contributed by atoms with Gasteiger partial charge in [0.2, 0.25) is 5.95 Å². The number of aromatic nitrogens is 4. The van der Waals surface area contributed by atoms with E-state index in [1.54, 1.807) is 18.7 Å². The van der Waals surface area contributed by atoms with Crippen molar-refractivity contribution in [2.75, 3.05) is 5.32 Å². The number of rotatable bonds is 2. The van der Waals surface area contributed by atoms with Gasteiger partial charge in [0.1, 0.15) is 12.4 Å². The van der Waals surface area contributed by atoms with E-state index in [9.17, 15) is 0 Å². The fourth-order valence-electron chi connectivity index (χ4n) is 2.52. The first kappa shape index (κ1) is 11.8. The van der Waals surface area contributed by atoms with Crippen LogP contribution in [0.1, 0.15) is 17.2 Å². The molecule has 0 aliphatic carbocycles. The molecule has 21 heavy (non-hydrogen) atoms. The van der Waals surface area contributed by atoms with Gasteiger partial charge >= 0.3 is 0 Å². The highest BCUT2D eigenvalue weighted by molar-refractivity contribution is 5.76. The van der Waals surface area contributed by atoms with Gasteiger partial charge in [-0.05, 0) is 23.8 Å². The van der Waals surface area contributed by atoms with Gasteiger partial charge in [-0.3, -0.25) is 4.98 Å². The highest BCUT2D eigenvalue weighted by Gasteiger charge is 2.22. The molecule has 1 N–H and O–H groups in total. The molecule has 1 aliphatic rings. The van der Waals surface area contributed by atoms with Crippen LogP contribution in [0.4, 0.5) is 5.95 Å². The first-order chi connectivity index (χ1) is 10.4. The summed E-state index contributed by atoms with van der Waals surface area (Å²) >= 11 is 0. The van der Waals surface area contributed by atoms with Crippen LogP contribution in [0.15, 0.2) is 67.3 Å². The molecule has 0 radical (unpaired) electrons. The SMILES string of the molecule is C1=C(c2ccncc2)Nc2ncnn2[C@@H]1c1ccccc1. The van der Waals surface area contributed by atoms with E-state index in [2.05, 4.69) is 38.6 Å². The van der Waals surface area contributed by atoms with E-state index in [0.717, 1.165) is 17.2 Å². The molecule has 0 bridgehead atoms. The monoisotopic (exact) mass is 275 g/mol. The van der Waals surface area contributed by atoms with Crippen molar-refractivity contribution in [2.45, 2.75) is 6.04 Å². The molecule has 1 atom stereocenters. The summed E-state index contributed by atoms with van der Waals surface area (Å²) < 4.78 is 1.89. The first-order valence-corrected chi connectivity index (χ1v) is 6.75. The second kappa shape index (κ2) is 4.86. The van der Waals surface area contributed by atoms with Gasteiger partial charge in [0, 0.05) is 23.7 Å². The van der Waals surface area contributed by atoms with Crippen LogP contribution in [0, 0.1) is 0 Å². The van der Waals surface area contributed by atoms with Gasteiger partial charge in [-0.2, -0.15) is 10.1 Å². The molecule has 3 aromatic rings. The molecule has 0 saturated carbocycles. The summed E-state index contributed by atoms with van der Waals surface area (Å²) in [6.07, 6.45) is 7.30. The predicted octanol–water partition coefficient (Wildman–Crippen LogP) is 2.73. The number of anilines is 1. The van der Waals surface area contributed by atoms with Gasteiger partial charge < -0.3 is 5.32 Å². The number of nitrogens with one attached hydrogen (secondary N) is 1. The summed E-state index contributed by atoms with van der Waals surface area (Å²) in [5, 5.41) is 7.64. The Hall–Kier alpha value is -2.95. The zero-order valence-electron chi connectivity index (χ0n) is 11.2. The van der Waals surface area contributed by atoms with Crippen molar-refractivity contribution in [3.05, 3.63) is 78.4 Å². The zero-order chi connectivity index (χ0) is 14.1. The maximum Gasteiger partial charge on any atom is 0.226 e. The van der Waals surface area contributed by atoms with Crippen LogP contribution in [0.25, 0.3) is 5.70 Å². The zero-order valence-corrected chi connectivity index (χ0v) is 11.2. The molecule has 5 heteroatoms. The van der Waals surface area contributed by atoms with Crippen LogP contribution in [-0.4, -0.2) is 19.7 Å². The number of hydrogen-bond donors (Lipinski definition) is 1. The molecular formula is C16H13N5. The lowest BCUT2D eigenvalue weighted by Crippen LogP contribution is -2.20. The Morgan fingerprint density at radius 2 is 1.81 bits per heavy atom. The third kappa shape index (κ3) is 2.08. The maximum atomic E-state index is 4.33. The molecule has 0 saturated heterocycles. The number of pyridine rings is 1. The Kier molecular flexibility index (Phi) is 2.74. The van der Waals surface area contributed by atoms with Crippen molar-refractivity contribution in [3.8, 4) is 0 Å². The molecule has 0 amide bonds. The molecular weight excluding hydrogens is 262 g/mol. The minimum absolute atomic E-state index is 0.0353. The predicted molar refractivity (Wildman–Crippen MR) is 80.4 cm³/mol. The largest absolute Gasteiger partial charge is 0.324 e. The fourth-order valence-corrected chi connectivity index (χ4v) is 2.52. The van der Waals surface area contributed by atoms with Crippen LogP contribution >= 0.6 is 0 Å². The summed E-state index contributed by atoms with van der Waals surface area (Å²) in [6.45, 7) is 0. The lowest BCUT2D eigenvalue weighted by Gasteiger charge is -2.24. The Balaban J connectivity index is 1.83. The molecule has 1 aromatic carbocycles. The van der Waals surface area contributed by atoms with E-state index >= 15 is 0 Å². The van der Waals surface area contributed by atoms with E-state index in [-0.39, 0.29) is 6.04 Å². The number of benzene rings is 1. The van der Waals surface area contributed by atoms with Gasteiger partial charge in [0.05, 0.1) is 0 Å². The summed E-state index contributed by atoms with van der Waals surface area (Å²) in [4.78, 5) is 8.36. The van der Waals surface area contributed by atoms with Crippen LogP contribution in [0.3, 0.4) is 0 Å². The molecule has 2 aromatic heterocycles. The Morgan fingerprint density at radius 1 is 1.00 bits per heavy atom. The number of hydrogen-bond acceptors (Lipinski definition) is 4. The third-order valence-corrected chi connectivity index (χ3v) is 3.54. The summed E-state index contributed by atoms with van der Waals surface area (Å²) in [5.74, 6) is 0.748. The second-order valence-corrected chi connectivity index (χ2v) is 4.82. The van der Waals surface area contributed by atoms with Crippen molar-refractivity contribution >= 4 is 11.6 Å². The number of nitrogens with zero attached hydrogens (tertiary/aromatic N) is 4. The van der Waals surface area contributed by atoms with E-state index in [0.29, 0.717) is 0 Å².